The minimum atomic E-state index is -2.62. The topological polar surface area (TPSA) is 71.7 Å². The summed E-state index contributed by atoms with van der Waals surface area (Å²) < 4.78 is 33.2. The summed E-state index contributed by atoms with van der Waals surface area (Å²) in [5, 5.41) is 18.1. The smallest absolute Gasteiger partial charge is 0.272 e. The minimum Gasteiger partial charge on any atom is -0.470 e. The van der Waals surface area contributed by atoms with E-state index < -0.39 is 18.6 Å². The Morgan fingerprint density at radius 2 is 2.03 bits per heavy atom. The van der Waals surface area contributed by atoms with E-state index in [1.807, 2.05) is 31.2 Å². The van der Waals surface area contributed by atoms with Gasteiger partial charge in [0.25, 0.3) is 6.43 Å². The first kappa shape index (κ1) is 23.5. The second-order valence-electron chi connectivity index (χ2n) is 9.76. The van der Waals surface area contributed by atoms with E-state index in [2.05, 4.69) is 46.6 Å². The van der Waals surface area contributed by atoms with Crippen LogP contribution in [0.2, 0.25) is 0 Å². The number of anilines is 1. The van der Waals surface area contributed by atoms with Crippen molar-refractivity contribution in [1.29, 1.82) is 0 Å². The van der Waals surface area contributed by atoms with Crippen LogP contribution in [0.25, 0.3) is 22.7 Å². The molecule has 0 spiro atoms. The number of hydrogen-bond acceptors (Lipinski definition) is 5. The lowest BCUT2D eigenvalue weighted by atomic mass is 9.84. The monoisotopic (exact) mass is 480 g/mol. The van der Waals surface area contributed by atoms with Gasteiger partial charge in [0.05, 0.1) is 5.60 Å². The zero-order chi connectivity index (χ0) is 24.6. The first-order valence-corrected chi connectivity index (χ1v) is 12.1. The Bertz CT molecular complexity index is 1270. The van der Waals surface area contributed by atoms with Gasteiger partial charge in [0, 0.05) is 17.8 Å². The second-order valence-corrected chi connectivity index (χ2v) is 9.76. The van der Waals surface area contributed by atoms with Crippen LogP contribution >= 0.6 is 0 Å². The van der Waals surface area contributed by atoms with E-state index in [4.69, 9.17) is 4.74 Å². The summed E-state index contributed by atoms with van der Waals surface area (Å²) in [5.74, 6) is 0.733. The summed E-state index contributed by atoms with van der Waals surface area (Å²) in [4.78, 5) is 4.49. The Hall–Kier alpha value is -3.26. The van der Waals surface area contributed by atoms with Crippen molar-refractivity contribution < 1.29 is 18.6 Å². The number of nitrogens with one attached hydrogen (secondary N) is 1. The molecule has 2 aromatic heterocycles. The van der Waals surface area contributed by atoms with Gasteiger partial charge in [-0.05, 0) is 67.3 Å². The SMILES string of the molecule is C[C@H]1C=CC=Cc2cc(-c3ccn4nc(NC5CCC(C)(O)CC5)nc(OCC(F)F)c34)ccc21. The number of rotatable bonds is 6. The Morgan fingerprint density at radius 1 is 1.23 bits per heavy atom. The van der Waals surface area contributed by atoms with Crippen molar-refractivity contribution in [3.63, 3.8) is 0 Å². The first-order chi connectivity index (χ1) is 16.8. The van der Waals surface area contributed by atoms with Crippen LogP contribution < -0.4 is 10.1 Å². The second kappa shape index (κ2) is 9.41. The molecule has 1 saturated carbocycles. The molecular weight excluding hydrogens is 450 g/mol. The summed E-state index contributed by atoms with van der Waals surface area (Å²) in [6.45, 7) is 3.25. The quantitative estimate of drug-likeness (QED) is 0.464. The van der Waals surface area contributed by atoms with Crippen LogP contribution in [0.5, 0.6) is 5.88 Å². The van der Waals surface area contributed by atoms with E-state index >= 15 is 0 Å². The highest BCUT2D eigenvalue weighted by Gasteiger charge is 2.29. The molecule has 0 radical (unpaired) electrons. The van der Waals surface area contributed by atoms with Crippen LogP contribution in [0.3, 0.4) is 0 Å². The Balaban J connectivity index is 1.51. The fourth-order valence-corrected chi connectivity index (χ4v) is 4.89. The van der Waals surface area contributed by atoms with Crippen molar-refractivity contribution >= 4 is 17.5 Å². The average Bonchev–Trinajstić information content (AvgIpc) is 3.16. The summed E-state index contributed by atoms with van der Waals surface area (Å²) in [6, 6.07) is 8.24. The maximum absolute atomic E-state index is 13.1. The molecule has 0 aliphatic heterocycles. The molecular formula is C27H30F2N4O2. The van der Waals surface area contributed by atoms with E-state index in [9.17, 15) is 13.9 Å². The van der Waals surface area contributed by atoms with Crippen LogP contribution in [0.4, 0.5) is 14.7 Å². The van der Waals surface area contributed by atoms with Gasteiger partial charge >= 0.3 is 0 Å². The zero-order valence-electron chi connectivity index (χ0n) is 19.9. The largest absolute Gasteiger partial charge is 0.470 e. The van der Waals surface area contributed by atoms with E-state index in [0.29, 0.717) is 30.2 Å². The number of nitrogens with zero attached hydrogens (tertiary/aromatic N) is 3. The molecule has 2 N–H and O–H groups in total. The van der Waals surface area contributed by atoms with Crippen molar-refractivity contribution in [2.24, 2.45) is 0 Å². The third-order valence-electron chi connectivity index (χ3n) is 6.90. The molecule has 0 unspecified atom stereocenters. The van der Waals surface area contributed by atoms with Gasteiger partial charge in [0.15, 0.2) is 6.61 Å². The van der Waals surface area contributed by atoms with E-state index in [1.54, 1.807) is 10.7 Å². The maximum Gasteiger partial charge on any atom is 0.272 e. The number of aliphatic hydroxyl groups is 1. The molecule has 0 bridgehead atoms. The molecule has 0 saturated heterocycles. The lowest BCUT2D eigenvalue weighted by Crippen LogP contribution is -2.36. The highest BCUT2D eigenvalue weighted by atomic mass is 19.3. The number of allylic oxidation sites excluding steroid dienone is 3. The van der Waals surface area contributed by atoms with Gasteiger partial charge in [-0.3, -0.25) is 0 Å². The number of ether oxygens (including phenoxy) is 1. The van der Waals surface area contributed by atoms with Crippen LogP contribution in [-0.2, 0) is 0 Å². The fraction of sp³-hybridized carbons (Fsp3) is 0.407. The normalized spacial score (nSPS) is 23.9. The lowest BCUT2D eigenvalue weighted by Gasteiger charge is -2.33. The Kier molecular flexibility index (Phi) is 6.32. The molecule has 1 atom stereocenters. The average molecular weight is 481 g/mol. The fourth-order valence-electron chi connectivity index (χ4n) is 4.89. The van der Waals surface area contributed by atoms with Gasteiger partial charge in [0.1, 0.15) is 5.52 Å². The van der Waals surface area contributed by atoms with E-state index in [1.165, 1.54) is 5.56 Å². The number of aromatic nitrogens is 3. The number of hydrogen-bond donors (Lipinski definition) is 2. The molecule has 3 aromatic rings. The molecule has 8 heteroatoms. The van der Waals surface area contributed by atoms with Gasteiger partial charge in [-0.25, -0.2) is 13.3 Å². The predicted molar refractivity (Wildman–Crippen MR) is 133 cm³/mol. The van der Waals surface area contributed by atoms with Gasteiger partial charge < -0.3 is 15.2 Å². The van der Waals surface area contributed by atoms with Crippen molar-refractivity contribution in [2.75, 3.05) is 11.9 Å². The first-order valence-electron chi connectivity index (χ1n) is 12.1. The van der Waals surface area contributed by atoms with Crippen LogP contribution in [0.15, 0.2) is 48.7 Å². The molecule has 5 rings (SSSR count). The molecule has 1 aromatic carbocycles. The summed E-state index contributed by atoms with van der Waals surface area (Å²) in [5.41, 5.74) is 3.99. The van der Waals surface area contributed by atoms with Crippen molar-refractivity contribution in [3.8, 4) is 17.0 Å². The predicted octanol–water partition coefficient (Wildman–Crippen LogP) is 5.83. The third kappa shape index (κ3) is 5.07. The van der Waals surface area contributed by atoms with Crippen molar-refractivity contribution in [1.82, 2.24) is 14.6 Å². The van der Waals surface area contributed by atoms with Gasteiger partial charge in [-0.2, -0.15) is 4.98 Å². The maximum atomic E-state index is 13.1. The standard InChI is InChI=1S/C27H30F2N4O2/c1-17-5-3-4-6-18-15-19(7-8-21(17)18)22-11-14-33-24(22)25(35-16-23(28)29)31-26(32-33)30-20-9-12-27(2,34)13-10-20/h3-8,11,14-15,17,20,23,34H,9-10,12-13,16H2,1-2H3,(H,30,32)/t17-,20?,27?/m0/s1. The van der Waals surface area contributed by atoms with Crippen LogP contribution in [-0.4, -0.2) is 44.4 Å². The molecule has 6 nitrogen and oxygen atoms in total. The van der Waals surface area contributed by atoms with Gasteiger partial charge in [-0.1, -0.05) is 43.4 Å². The van der Waals surface area contributed by atoms with Crippen LogP contribution in [0.1, 0.15) is 56.6 Å². The molecule has 1 fully saturated rings. The molecule has 0 amide bonds. The summed E-state index contributed by atoms with van der Waals surface area (Å²) >= 11 is 0. The highest BCUT2D eigenvalue weighted by molar-refractivity contribution is 5.85. The molecule has 2 heterocycles. The molecule has 2 aliphatic rings. The number of benzene rings is 1. The van der Waals surface area contributed by atoms with E-state index in [0.717, 1.165) is 29.5 Å². The third-order valence-corrected chi connectivity index (χ3v) is 6.90. The van der Waals surface area contributed by atoms with Gasteiger partial charge in [-0.15, -0.1) is 5.10 Å². The molecule has 184 valence electrons. The van der Waals surface area contributed by atoms with Crippen LogP contribution in [0, 0.1) is 0 Å². The Morgan fingerprint density at radius 3 is 2.80 bits per heavy atom. The summed E-state index contributed by atoms with van der Waals surface area (Å²) in [6.07, 6.45) is 10.4. The minimum absolute atomic E-state index is 0.0950. The number of alkyl halides is 2. The van der Waals surface area contributed by atoms with Crippen molar-refractivity contribution in [2.45, 2.75) is 63.5 Å². The zero-order valence-corrected chi connectivity index (χ0v) is 19.9. The number of halogens is 2. The number of fused-ring (bicyclic) bond motifs is 2. The highest BCUT2D eigenvalue weighted by Crippen LogP contribution is 2.36. The van der Waals surface area contributed by atoms with Crippen molar-refractivity contribution in [3.05, 3.63) is 59.8 Å². The van der Waals surface area contributed by atoms with E-state index in [-0.39, 0.29) is 11.9 Å². The lowest BCUT2D eigenvalue weighted by molar-refractivity contribution is 0.0195. The molecule has 2 aliphatic carbocycles. The summed E-state index contributed by atoms with van der Waals surface area (Å²) in [7, 11) is 0. The Labute approximate surface area is 203 Å². The van der Waals surface area contributed by atoms with Gasteiger partial charge in [0.2, 0.25) is 11.8 Å². The molecule has 35 heavy (non-hydrogen) atoms.